The predicted octanol–water partition coefficient (Wildman–Crippen LogP) is -1.55. The second kappa shape index (κ2) is 3.62. The van der Waals surface area contributed by atoms with Crippen LogP contribution in [0.2, 0.25) is 0 Å². The molecule has 0 aliphatic heterocycles. The molecule has 0 spiro atoms. The van der Waals surface area contributed by atoms with Crippen LogP contribution in [-0.4, -0.2) is 29.3 Å². The van der Waals surface area contributed by atoms with E-state index in [1.165, 1.54) is 0 Å². The summed E-state index contributed by atoms with van der Waals surface area (Å²) < 4.78 is 54.7. The van der Waals surface area contributed by atoms with Crippen molar-refractivity contribution in [3.05, 3.63) is 0 Å². The van der Waals surface area contributed by atoms with Crippen molar-refractivity contribution in [1.82, 2.24) is 0 Å². The molecule has 0 aliphatic carbocycles. The molecule has 0 amide bonds. The molecule has 1 N–H and O–H groups in total. The fraction of sp³-hybridized carbons (Fsp3) is 0. The maximum absolute atomic E-state index is 10.2. The van der Waals surface area contributed by atoms with Gasteiger partial charge in [-0.05, 0) is 0 Å². The fourth-order valence-corrected chi connectivity index (χ4v) is 3.64. The zero-order valence-electron chi connectivity index (χ0n) is 4.16. The molecule has 7 nitrogen and oxygen atoms in total. The Balaban J connectivity index is 4.49. The summed E-state index contributed by atoms with van der Waals surface area (Å²) in [4.78, 5) is 0. The minimum absolute atomic E-state index is 0.0179. The van der Waals surface area contributed by atoms with Crippen LogP contribution in [0.25, 0.3) is 0 Å². The van der Waals surface area contributed by atoms with Crippen LogP contribution in [0.1, 0.15) is 0 Å². The molecule has 60 valence electrons. The van der Waals surface area contributed by atoms with Crippen LogP contribution in [0.5, 0.6) is 0 Å². The van der Waals surface area contributed by atoms with Crippen molar-refractivity contribution >= 4 is 25.2 Å². The Morgan fingerprint density at radius 1 is 1.20 bits per heavy atom. The van der Waals surface area contributed by atoms with Crippen LogP contribution < -0.4 is 0 Å². The molecule has 0 aromatic heterocycles. The molecule has 10 heavy (non-hydrogen) atoms. The maximum atomic E-state index is 10.2. The second-order valence-corrected chi connectivity index (χ2v) is 7.30. The van der Waals surface area contributed by atoms with Gasteiger partial charge in [0, 0.05) is 0 Å². The van der Waals surface area contributed by atoms with Crippen LogP contribution in [0.15, 0.2) is 0 Å². The van der Waals surface area contributed by atoms with Gasteiger partial charge in [0.25, 0.3) is 0 Å². The van der Waals surface area contributed by atoms with Crippen molar-refractivity contribution in [3.63, 3.8) is 0 Å². The Bertz CT molecular complexity index is 280. The van der Waals surface area contributed by atoms with Crippen LogP contribution in [0, 0.1) is 0 Å². The first kappa shape index (κ1) is 11.0. The van der Waals surface area contributed by atoms with Gasteiger partial charge in [0.15, 0.2) is 0 Å². The average molecular weight is 426 g/mol. The molecule has 0 unspecified atom stereocenters. The molecule has 0 fully saturated rings. The van der Waals surface area contributed by atoms with Crippen molar-refractivity contribution < 1.29 is 51.3 Å². The van der Waals surface area contributed by atoms with Crippen molar-refractivity contribution in [2.24, 2.45) is 0 Å². The standard InChI is InChI=1S/Bi.2Cr.H2O.6O/h;;;1H2;;;;;;/q;;+1;;;;;;;/p-1. The summed E-state index contributed by atoms with van der Waals surface area (Å²) in [7, 11) is 0. The molecule has 0 atom stereocenters. The molecular formula is HBiCr2O7. The molecule has 10 heteroatoms. The van der Waals surface area contributed by atoms with Crippen molar-refractivity contribution in [3.8, 4) is 0 Å². The Morgan fingerprint density at radius 3 is 1.70 bits per heavy atom. The van der Waals surface area contributed by atoms with Gasteiger partial charge in [-0.1, -0.05) is 0 Å². The zero-order valence-corrected chi connectivity index (χ0v) is 10.2. The van der Waals surface area contributed by atoms with E-state index in [2.05, 4.69) is 4.70 Å². The van der Waals surface area contributed by atoms with Gasteiger partial charge in [0.1, 0.15) is 0 Å². The first-order chi connectivity index (χ1) is 4.27. The molecular weight excluding hydrogens is 425 g/mol. The van der Waals surface area contributed by atoms with Gasteiger partial charge < -0.3 is 0 Å². The van der Waals surface area contributed by atoms with Gasteiger partial charge in [0.05, 0.1) is 0 Å². The summed E-state index contributed by atoms with van der Waals surface area (Å²) in [6.45, 7) is 0. The molecule has 0 rings (SSSR count). The van der Waals surface area contributed by atoms with Crippen LogP contribution >= 0.6 is 0 Å². The van der Waals surface area contributed by atoms with Gasteiger partial charge >= 0.3 is 76.5 Å². The van der Waals surface area contributed by atoms with E-state index >= 15 is 0 Å². The summed E-state index contributed by atoms with van der Waals surface area (Å²) in [6, 6.07) is 0. The summed E-state index contributed by atoms with van der Waals surface area (Å²) in [5.41, 5.74) is 0. The monoisotopic (exact) mass is 426 g/mol. The van der Waals surface area contributed by atoms with E-state index in [1.54, 1.807) is 0 Å². The van der Waals surface area contributed by atoms with Crippen LogP contribution in [0.3, 0.4) is 0 Å². The van der Waals surface area contributed by atoms with Gasteiger partial charge in [-0.2, -0.15) is 0 Å². The Morgan fingerprint density at radius 2 is 1.60 bits per heavy atom. The van der Waals surface area contributed by atoms with E-state index in [9.17, 15) is 15.2 Å². The van der Waals surface area contributed by atoms with Gasteiger partial charge in [-0.15, -0.1) is 0 Å². The third kappa shape index (κ3) is 5.79. The second-order valence-electron chi connectivity index (χ2n) is 0.979. The van der Waals surface area contributed by atoms with Gasteiger partial charge in [0.2, 0.25) is 0 Å². The summed E-state index contributed by atoms with van der Waals surface area (Å²) in [5.74, 6) is 0. The van der Waals surface area contributed by atoms with Crippen LogP contribution in [0.4, 0.5) is 0 Å². The van der Waals surface area contributed by atoms with Crippen molar-refractivity contribution in [1.29, 1.82) is 0 Å². The third-order valence-corrected chi connectivity index (χ3v) is 6.18. The van der Waals surface area contributed by atoms with Crippen molar-refractivity contribution in [2.75, 3.05) is 0 Å². The van der Waals surface area contributed by atoms with Crippen molar-refractivity contribution in [2.45, 2.75) is 0 Å². The van der Waals surface area contributed by atoms with E-state index in [4.69, 9.17) is 4.16 Å². The molecule has 0 heterocycles. The topological polar surface area (TPSA) is 107 Å². The zero-order chi connectivity index (χ0) is 8.41. The molecule has 0 aromatic carbocycles. The first-order valence-electron chi connectivity index (χ1n) is 1.53. The number of hydrogen-bond donors (Lipinski definition) is 1. The van der Waals surface area contributed by atoms with Gasteiger partial charge in [-0.25, -0.2) is 0 Å². The van der Waals surface area contributed by atoms with E-state index in [0.29, 0.717) is 0 Å². The Labute approximate surface area is 75.9 Å². The Hall–Kier alpha value is 1.03. The van der Waals surface area contributed by atoms with Gasteiger partial charge in [-0.3, -0.25) is 0 Å². The molecule has 0 aliphatic rings. The van der Waals surface area contributed by atoms with E-state index in [-0.39, 0.29) is 25.2 Å². The average Bonchev–Trinajstić information content (AvgIpc) is 1.60. The fourth-order valence-electron chi connectivity index (χ4n) is 0.118. The minimum atomic E-state index is -5.64. The van der Waals surface area contributed by atoms with E-state index in [0.717, 1.165) is 0 Å². The third-order valence-electron chi connectivity index (χ3n) is 0.261. The predicted molar refractivity (Wildman–Crippen MR) is 12.9 cm³/mol. The first-order valence-corrected chi connectivity index (χ1v) is 7.17. The summed E-state index contributed by atoms with van der Waals surface area (Å²) in [5, 5.41) is 0. The molecule has 0 aromatic rings. The van der Waals surface area contributed by atoms with E-state index < -0.39 is 27.2 Å². The number of rotatable bonds is 3. The SMILES string of the molecule is [O]=[Cr](=[O])([OH])[O][Cr](=[O])(=[O])[O][Bi]. The van der Waals surface area contributed by atoms with E-state index in [1.807, 2.05) is 0 Å². The molecule has 0 saturated carbocycles. The molecule has 2 radical (unpaired) electrons. The number of hydrogen-bond acceptors (Lipinski definition) is 6. The summed E-state index contributed by atoms with van der Waals surface area (Å²) in [6.07, 6.45) is 0. The normalized spacial score (nSPS) is 13.4. The summed E-state index contributed by atoms with van der Waals surface area (Å²) >= 11 is -10.9. The quantitative estimate of drug-likeness (QED) is 0.545. The molecule has 0 saturated heterocycles. The molecule has 0 bridgehead atoms. The van der Waals surface area contributed by atoms with Crippen LogP contribution in [-0.2, 0) is 47.1 Å². The Kier molecular flexibility index (Phi) is 3.99.